The molecule has 0 aliphatic carbocycles. The van der Waals surface area contributed by atoms with Crippen molar-refractivity contribution in [1.29, 1.82) is 0 Å². The maximum absolute atomic E-state index is 12.2. The van der Waals surface area contributed by atoms with Gasteiger partial charge in [0, 0.05) is 13.1 Å². The molecule has 1 N–H and O–H groups in total. The second-order valence-corrected chi connectivity index (χ2v) is 5.88. The molecule has 2 heterocycles. The molecule has 2 atom stereocenters. The number of likely N-dealkylation sites (tertiary alicyclic amines) is 1. The van der Waals surface area contributed by atoms with E-state index in [0.29, 0.717) is 13.2 Å². The predicted molar refractivity (Wildman–Crippen MR) is 68.2 cm³/mol. The van der Waals surface area contributed by atoms with Gasteiger partial charge in [0.2, 0.25) is 0 Å². The molecule has 5 nitrogen and oxygen atoms in total. The Kier molecular flexibility index (Phi) is 3.64. The van der Waals surface area contributed by atoms with Crippen molar-refractivity contribution in [1.82, 2.24) is 10.2 Å². The van der Waals surface area contributed by atoms with E-state index in [2.05, 4.69) is 11.9 Å². The SMILES string of the molecule is C=C1C[C@@H](C2NCCO2)N(C(=O)OC(C)(C)C)C1. The van der Waals surface area contributed by atoms with Gasteiger partial charge in [0.15, 0.2) is 0 Å². The third-order valence-corrected chi connectivity index (χ3v) is 3.01. The van der Waals surface area contributed by atoms with Crippen LogP contribution in [0.25, 0.3) is 0 Å². The fourth-order valence-electron chi connectivity index (χ4n) is 2.31. The first-order valence-electron chi connectivity index (χ1n) is 6.38. The monoisotopic (exact) mass is 254 g/mol. The van der Waals surface area contributed by atoms with Crippen LogP contribution in [0.2, 0.25) is 0 Å². The van der Waals surface area contributed by atoms with Crippen molar-refractivity contribution >= 4 is 6.09 Å². The summed E-state index contributed by atoms with van der Waals surface area (Å²) < 4.78 is 11.0. The van der Waals surface area contributed by atoms with Crippen LogP contribution in [-0.4, -0.2) is 48.6 Å². The molecule has 0 spiro atoms. The van der Waals surface area contributed by atoms with Gasteiger partial charge in [-0.15, -0.1) is 0 Å². The fraction of sp³-hybridized carbons (Fsp3) is 0.769. The molecule has 102 valence electrons. The lowest BCUT2D eigenvalue weighted by molar-refractivity contribution is -0.00496. The third kappa shape index (κ3) is 3.03. The number of carbonyl (C=O) groups excluding carboxylic acids is 1. The first kappa shape index (κ1) is 13.4. The molecule has 1 amide bonds. The molecule has 2 saturated heterocycles. The van der Waals surface area contributed by atoms with E-state index >= 15 is 0 Å². The molecule has 0 aromatic rings. The van der Waals surface area contributed by atoms with Gasteiger partial charge in [0.1, 0.15) is 11.8 Å². The quantitative estimate of drug-likeness (QED) is 0.720. The van der Waals surface area contributed by atoms with Gasteiger partial charge in [-0.3, -0.25) is 10.2 Å². The van der Waals surface area contributed by atoms with Crippen LogP contribution in [0.5, 0.6) is 0 Å². The summed E-state index contributed by atoms with van der Waals surface area (Å²) in [5, 5.41) is 3.25. The highest BCUT2D eigenvalue weighted by molar-refractivity contribution is 5.70. The van der Waals surface area contributed by atoms with Crippen molar-refractivity contribution in [3.63, 3.8) is 0 Å². The molecule has 2 aliphatic heterocycles. The van der Waals surface area contributed by atoms with Crippen LogP contribution in [-0.2, 0) is 9.47 Å². The number of hydrogen-bond acceptors (Lipinski definition) is 4. The van der Waals surface area contributed by atoms with E-state index in [-0.39, 0.29) is 18.4 Å². The minimum atomic E-state index is -0.477. The lowest BCUT2D eigenvalue weighted by Gasteiger charge is -2.30. The maximum atomic E-state index is 12.2. The Morgan fingerprint density at radius 3 is 2.83 bits per heavy atom. The van der Waals surface area contributed by atoms with Crippen LogP contribution in [0.4, 0.5) is 4.79 Å². The van der Waals surface area contributed by atoms with E-state index in [9.17, 15) is 4.79 Å². The van der Waals surface area contributed by atoms with E-state index in [4.69, 9.17) is 9.47 Å². The number of amides is 1. The number of nitrogens with one attached hydrogen (secondary N) is 1. The molecule has 0 saturated carbocycles. The fourth-order valence-corrected chi connectivity index (χ4v) is 2.31. The van der Waals surface area contributed by atoms with Crippen LogP contribution in [0.1, 0.15) is 27.2 Å². The number of ether oxygens (including phenoxy) is 2. The summed E-state index contributed by atoms with van der Waals surface area (Å²) in [6, 6.07) is -0.00477. The highest BCUT2D eigenvalue weighted by atomic mass is 16.6. The molecule has 5 heteroatoms. The maximum Gasteiger partial charge on any atom is 0.410 e. The standard InChI is InChI=1S/C13H22N2O3/c1-9-7-10(11-14-5-6-17-11)15(8-9)12(16)18-13(2,3)4/h10-11,14H,1,5-8H2,2-4H3/t10-,11?/m0/s1. The van der Waals surface area contributed by atoms with Gasteiger partial charge < -0.3 is 9.47 Å². The van der Waals surface area contributed by atoms with E-state index in [0.717, 1.165) is 18.5 Å². The molecule has 0 radical (unpaired) electrons. The number of hydrogen-bond donors (Lipinski definition) is 1. The molecule has 2 aliphatic rings. The van der Waals surface area contributed by atoms with Crippen molar-refractivity contribution in [3.05, 3.63) is 12.2 Å². The molecule has 18 heavy (non-hydrogen) atoms. The minimum Gasteiger partial charge on any atom is -0.444 e. The van der Waals surface area contributed by atoms with Crippen molar-refractivity contribution in [3.8, 4) is 0 Å². The Morgan fingerprint density at radius 2 is 2.28 bits per heavy atom. The van der Waals surface area contributed by atoms with E-state index < -0.39 is 5.60 Å². The van der Waals surface area contributed by atoms with E-state index in [1.807, 2.05) is 20.8 Å². The summed E-state index contributed by atoms with van der Waals surface area (Å²) in [5.41, 5.74) is 0.568. The zero-order valence-electron chi connectivity index (χ0n) is 11.4. The molecule has 2 rings (SSSR count). The highest BCUT2D eigenvalue weighted by Gasteiger charge is 2.40. The molecule has 0 bridgehead atoms. The second-order valence-electron chi connectivity index (χ2n) is 5.88. The molecule has 2 fully saturated rings. The average molecular weight is 254 g/mol. The van der Waals surface area contributed by atoms with Crippen LogP contribution in [0.3, 0.4) is 0 Å². The van der Waals surface area contributed by atoms with Crippen molar-refractivity contribution in [2.24, 2.45) is 0 Å². The normalized spacial score (nSPS) is 28.8. The molecule has 0 aromatic heterocycles. The third-order valence-electron chi connectivity index (χ3n) is 3.01. The first-order chi connectivity index (χ1) is 8.37. The Labute approximate surface area is 108 Å². The molecular weight excluding hydrogens is 232 g/mol. The zero-order valence-corrected chi connectivity index (χ0v) is 11.4. The van der Waals surface area contributed by atoms with Gasteiger partial charge in [-0.2, -0.15) is 0 Å². The highest BCUT2D eigenvalue weighted by Crippen LogP contribution is 2.27. The van der Waals surface area contributed by atoms with Gasteiger partial charge in [0.25, 0.3) is 0 Å². The van der Waals surface area contributed by atoms with Gasteiger partial charge >= 0.3 is 6.09 Å². The zero-order chi connectivity index (χ0) is 13.3. The first-order valence-corrected chi connectivity index (χ1v) is 6.38. The summed E-state index contributed by atoms with van der Waals surface area (Å²) in [4.78, 5) is 13.9. The number of carbonyl (C=O) groups is 1. The van der Waals surface area contributed by atoms with Crippen molar-refractivity contribution < 1.29 is 14.3 Å². The Morgan fingerprint density at radius 1 is 1.56 bits per heavy atom. The Bertz CT molecular complexity index is 343. The van der Waals surface area contributed by atoms with Gasteiger partial charge in [-0.1, -0.05) is 12.2 Å². The van der Waals surface area contributed by atoms with Crippen molar-refractivity contribution in [2.75, 3.05) is 19.7 Å². The summed E-state index contributed by atoms with van der Waals surface area (Å²) in [5.74, 6) is 0. The summed E-state index contributed by atoms with van der Waals surface area (Å²) in [7, 11) is 0. The minimum absolute atomic E-state index is 0.00477. The molecular formula is C13H22N2O3. The van der Waals surface area contributed by atoms with E-state index in [1.165, 1.54) is 0 Å². The van der Waals surface area contributed by atoms with Crippen LogP contribution in [0.15, 0.2) is 12.2 Å². The number of nitrogens with zero attached hydrogens (tertiary/aromatic N) is 1. The largest absolute Gasteiger partial charge is 0.444 e. The van der Waals surface area contributed by atoms with Crippen LogP contribution >= 0.6 is 0 Å². The summed E-state index contributed by atoms with van der Waals surface area (Å²) >= 11 is 0. The molecule has 0 aromatic carbocycles. The Balaban J connectivity index is 2.04. The summed E-state index contributed by atoms with van der Waals surface area (Å²) in [6.07, 6.45) is 0.386. The van der Waals surface area contributed by atoms with E-state index in [1.54, 1.807) is 4.90 Å². The van der Waals surface area contributed by atoms with Gasteiger partial charge in [0.05, 0.1) is 12.6 Å². The molecule has 1 unspecified atom stereocenters. The smallest absolute Gasteiger partial charge is 0.410 e. The second kappa shape index (κ2) is 4.90. The van der Waals surface area contributed by atoms with Crippen LogP contribution < -0.4 is 5.32 Å². The topological polar surface area (TPSA) is 50.8 Å². The lowest BCUT2D eigenvalue weighted by atomic mass is 10.1. The predicted octanol–water partition coefficient (Wildman–Crippen LogP) is 1.50. The number of rotatable bonds is 1. The average Bonchev–Trinajstić information content (AvgIpc) is 2.82. The lowest BCUT2D eigenvalue weighted by Crippen LogP contribution is -2.48. The van der Waals surface area contributed by atoms with Crippen LogP contribution in [0, 0.1) is 0 Å². The van der Waals surface area contributed by atoms with Gasteiger partial charge in [-0.05, 0) is 27.2 Å². The van der Waals surface area contributed by atoms with Crippen molar-refractivity contribution in [2.45, 2.75) is 45.1 Å². The Hall–Kier alpha value is -1.07. The summed E-state index contributed by atoms with van der Waals surface area (Å²) in [6.45, 7) is 11.7. The van der Waals surface area contributed by atoms with Gasteiger partial charge in [-0.25, -0.2) is 4.79 Å².